The number of rotatable bonds is 2. The summed E-state index contributed by atoms with van der Waals surface area (Å²) in [5.41, 5.74) is 0. The van der Waals surface area contributed by atoms with Gasteiger partial charge >= 0.3 is 0 Å². The molecule has 0 N–H and O–H groups in total. The van der Waals surface area contributed by atoms with Crippen LogP contribution in [0.15, 0.2) is 0 Å². The summed E-state index contributed by atoms with van der Waals surface area (Å²) in [6.07, 6.45) is 0.929. The minimum Gasteiger partial charge on any atom is -0.377 e. The molecule has 0 aromatic rings. The van der Waals surface area contributed by atoms with Crippen LogP contribution in [0.2, 0.25) is 0 Å². The Morgan fingerprint density at radius 3 is 2.60 bits per heavy atom. The lowest BCUT2D eigenvalue weighted by Gasteiger charge is -1.80. The van der Waals surface area contributed by atoms with Gasteiger partial charge in [0.25, 0.3) is 0 Å². The van der Waals surface area contributed by atoms with Crippen LogP contribution < -0.4 is 0 Å². The zero-order valence-corrected chi connectivity index (χ0v) is 5.74. The fourth-order valence-electron chi connectivity index (χ4n) is 0.102. The molecule has 0 aromatic carbocycles. The van der Waals surface area contributed by atoms with E-state index in [0.29, 0.717) is 0 Å². The molecule has 2 atom stereocenters. The smallest absolute Gasteiger partial charge is 0.0979 e. The van der Waals surface area contributed by atoms with Crippen molar-refractivity contribution >= 4 is 17.2 Å². The van der Waals surface area contributed by atoms with Gasteiger partial charge in [0.15, 0.2) is 0 Å². The predicted octanol–water partition coefficient (Wildman–Crippen LogP) is 0.791. The number of hydrogen-bond donors (Lipinski definition) is 0. The summed E-state index contributed by atoms with van der Waals surface area (Å²) in [7, 11) is 4.64. The molecule has 0 rings (SSSR count). The first-order chi connectivity index (χ1) is 2.41. The zero-order chi connectivity index (χ0) is 4.12. The summed E-state index contributed by atoms with van der Waals surface area (Å²) in [6.45, 7) is 0. The first-order valence-corrected chi connectivity index (χ1v) is 4.94. The molecule has 0 amide bonds. The average molecular weight is 111 g/mol. The van der Waals surface area contributed by atoms with Gasteiger partial charge < -0.3 is 4.74 Å². The number of hydrogen-bond acceptors (Lipinski definition) is 1. The summed E-state index contributed by atoms with van der Waals surface area (Å²) in [4.78, 5) is 0. The molecule has 0 fully saturated rings. The normalized spacial score (nSPS) is 11.4. The second kappa shape index (κ2) is 4.82. The maximum absolute atomic E-state index is 4.71. The maximum atomic E-state index is 4.71. The SMILES string of the molecule is COCP[PH3+]. The lowest BCUT2D eigenvalue weighted by molar-refractivity contribution is 0.258. The minimum atomic E-state index is 0.929. The van der Waals surface area contributed by atoms with Gasteiger partial charge in [-0.2, -0.15) is 0 Å². The molecule has 32 valence electrons. The molecule has 1 nitrogen and oxygen atoms in total. The van der Waals surface area contributed by atoms with Gasteiger partial charge in [0, 0.05) is 7.11 Å². The van der Waals surface area contributed by atoms with Gasteiger partial charge in [-0.3, -0.25) is 0 Å². The van der Waals surface area contributed by atoms with Gasteiger partial charge in [0.1, 0.15) is 0 Å². The van der Waals surface area contributed by atoms with Crippen molar-refractivity contribution in [3.8, 4) is 0 Å². The quantitative estimate of drug-likeness (QED) is 0.478. The molecule has 5 heavy (non-hydrogen) atoms. The van der Waals surface area contributed by atoms with Crippen LogP contribution in [0.3, 0.4) is 0 Å². The number of ether oxygens (including phenoxy) is 1. The van der Waals surface area contributed by atoms with E-state index in [1.165, 1.54) is 0 Å². The van der Waals surface area contributed by atoms with E-state index in [1.807, 2.05) is 8.93 Å². The summed E-state index contributed by atoms with van der Waals surface area (Å²) in [5, 5.41) is 0. The van der Waals surface area contributed by atoms with E-state index in [4.69, 9.17) is 4.74 Å². The van der Waals surface area contributed by atoms with Gasteiger partial charge in [-0.1, -0.05) is 0 Å². The Kier molecular flexibility index (Phi) is 5.61. The molecular formula is C2H9OP2+. The first kappa shape index (κ1) is 5.82. The van der Waals surface area contributed by atoms with E-state index in [2.05, 4.69) is 0 Å². The fourth-order valence-corrected chi connectivity index (χ4v) is 0.919. The van der Waals surface area contributed by atoms with Gasteiger partial charge in [-0.15, -0.1) is 0 Å². The standard InChI is InChI=1S/C2H8OP2/c1-3-2-5-4/h5H,2,4H2,1H3/p+1. The Morgan fingerprint density at radius 2 is 2.60 bits per heavy atom. The van der Waals surface area contributed by atoms with Crippen LogP contribution in [0.1, 0.15) is 0 Å². The third-order valence-corrected chi connectivity index (χ3v) is 1.35. The summed E-state index contributed by atoms with van der Waals surface area (Å²) >= 11 is 0. The molecule has 0 spiro atoms. The van der Waals surface area contributed by atoms with E-state index in [-0.39, 0.29) is 0 Å². The largest absolute Gasteiger partial charge is 0.377 e. The Balaban J connectivity index is 2.19. The molecule has 0 aliphatic rings. The highest BCUT2D eigenvalue weighted by Gasteiger charge is 1.71. The van der Waals surface area contributed by atoms with Crippen LogP contribution >= 0.6 is 17.2 Å². The third kappa shape index (κ3) is 4.82. The van der Waals surface area contributed by atoms with E-state index in [0.717, 1.165) is 14.6 Å². The predicted molar refractivity (Wildman–Crippen MR) is 31.3 cm³/mol. The van der Waals surface area contributed by atoms with Crippen LogP contribution in [0.5, 0.6) is 0 Å². The summed E-state index contributed by atoms with van der Waals surface area (Å²) in [5.74, 6) is 0. The topological polar surface area (TPSA) is 9.23 Å². The van der Waals surface area contributed by atoms with Crippen LogP contribution in [-0.2, 0) is 4.74 Å². The summed E-state index contributed by atoms with van der Waals surface area (Å²) in [6, 6.07) is 0. The van der Waals surface area contributed by atoms with Crippen LogP contribution in [0.4, 0.5) is 0 Å². The molecule has 0 aliphatic heterocycles. The van der Waals surface area contributed by atoms with Gasteiger partial charge in [-0.05, 0) is 8.93 Å². The van der Waals surface area contributed by atoms with Crippen molar-refractivity contribution in [2.24, 2.45) is 0 Å². The lowest BCUT2D eigenvalue weighted by atomic mass is 11.5. The fraction of sp³-hybridized carbons (Fsp3) is 1.00. The molecule has 0 bridgehead atoms. The van der Waals surface area contributed by atoms with Crippen molar-refractivity contribution in [2.75, 3.05) is 13.5 Å². The Morgan fingerprint density at radius 1 is 2.00 bits per heavy atom. The molecule has 2 unspecified atom stereocenters. The van der Waals surface area contributed by atoms with Crippen molar-refractivity contribution in [1.29, 1.82) is 0 Å². The highest BCUT2D eigenvalue weighted by molar-refractivity contribution is 8.02. The van der Waals surface area contributed by atoms with Crippen molar-refractivity contribution in [3.63, 3.8) is 0 Å². The highest BCUT2D eigenvalue weighted by Crippen LogP contribution is 2.17. The van der Waals surface area contributed by atoms with Crippen LogP contribution in [0.25, 0.3) is 0 Å². The van der Waals surface area contributed by atoms with Crippen LogP contribution in [-0.4, -0.2) is 13.5 Å². The van der Waals surface area contributed by atoms with Crippen molar-refractivity contribution < 1.29 is 4.74 Å². The second-order valence-corrected chi connectivity index (χ2v) is 2.97. The van der Waals surface area contributed by atoms with Gasteiger partial charge in [-0.25, -0.2) is 0 Å². The van der Waals surface area contributed by atoms with Gasteiger partial charge in [0.2, 0.25) is 0 Å². The second-order valence-electron chi connectivity index (χ2n) is 0.683. The Hall–Kier alpha value is 0.820. The van der Waals surface area contributed by atoms with E-state index < -0.39 is 0 Å². The molecule has 0 aliphatic carbocycles. The monoisotopic (exact) mass is 111 g/mol. The first-order valence-electron chi connectivity index (χ1n) is 1.40. The van der Waals surface area contributed by atoms with Crippen molar-refractivity contribution in [2.45, 2.75) is 0 Å². The Labute approximate surface area is 36.4 Å². The van der Waals surface area contributed by atoms with E-state index >= 15 is 0 Å². The molecule has 0 radical (unpaired) electrons. The maximum Gasteiger partial charge on any atom is 0.0979 e. The molecule has 0 heterocycles. The van der Waals surface area contributed by atoms with Crippen molar-refractivity contribution in [1.82, 2.24) is 0 Å². The molecule has 0 aromatic heterocycles. The molecular weight excluding hydrogens is 102 g/mol. The average Bonchev–Trinajstić information content (AvgIpc) is 1.41. The summed E-state index contributed by atoms with van der Waals surface area (Å²) < 4.78 is 4.71. The zero-order valence-electron chi connectivity index (χ0n) is 3.32. The van der Waals surface area contributed by atoms with Gasteiger partial charge in [0.05, 0.1) is 14.6 Å². The molecule has 0 saturated carbocycles. The van der Waals surface area contributed by atoms with E-state index in [1.54, 1.807) is 7.11 Å². The number of methoxy groups -OCH3 is 1. The Bertz CT molecular complexity index is 15.1. The van der Waals surface area contributed by atoms with Crippen molar-refractivity contribution in [3.05, 3.63) is 0 Å². The molecule has 0 saturated heterocycles. The molecule has 3 heteroatoms. The third-order valence-electron chi connectivity index (χ3n) is 0.246. The highest BCUT2D eigenvalue weighted by atomic mass is 32.0. The van der Waals surface area contributed by atoms with E-state index in [9.17, 15) is 0 Å². The van der Waals surface area contributed by atoms with Crippen LogP contribution in [0, 0.1) is 0 Å². The lowest BCUT2D eigenvalue weighted by Crippen LogP contribution is -1.70. The minimum absolute atomic E-state index is 0.929.